The molecule has 0 unspecified atom stereocenters. The number of hydrogen-bond donors (Lipinski definition) is 0. The molecule has 0 aliphatic carbocycles. The van der Waals surface area contributed by atoms with Gasteiger partial charge < -0.3 is 4.42 Å². The number of nitrogens with zero attached hydrogens (tertiary/aromatic N) is 1. The number of rotatable bonds is 2. The molecule has 0 radical (unpaired) electrons. The van der Waals surface area contributed by atoms with Crippen molar-refractivity contribution in [1.29, 1.82) is 0 Å². The van der Waals surface area contributed by atoms with E-state index >= 15 is 0 Å². The molecule has 0 aromatic carbocycles. The van der Waals surface area contributed by atoms with Crippen molar-refractivity contribution in [3.63, 3.8) is 0 Å². The van der Waals surface area contributed by atoms with E-state index in [2.05, 4.69) is 4.98 Å². The lowest BCUT2D eigenvalue weighted by molar-refractivity contribution is 0.101. The highest BCUT2D eigenvalue weighted by Crippen LogP contribution is 2.18. The van der Waals surface area contributed by atoms with E-state index in [1.807, 2.05) is 12.1 Å². The first kappa shape index (κ1) is 8.69. The molecule has 14 heavy (non-hydrogen) atoms. The topological polar surface area (TPSA) is 43.1 Å². The molecular formula is C11H9NO2. The molecule has 2 heterocycles. The maximum absolute atomic E-state index is 11.0. The van der Waals surface area contributed by atoms with Crippen molar-refractivity contribution >= 4 is 5.78 Å². The van der Waals surface area contributed by atoms with Crippen LogP contribution in [0.3, 0.4) is 0 Å². The van der Waals surface area contributed by atoms with Gasteiger partial charge in [0.2, 0.25) is 0 Å². The van der Waals surface area contributed by atoms with Gasteiger partial charge in [-0.15, -0.1) is 0 Å². The van der Waals surface area contributed by atoms with E-state index in [4.69, 9.17) is 4.42 Å². The molecule has 2 aromatic rings. The van der Waals surface area contributed by atoms with Gasteiger partial charge in [-0.3, -0.25) is 9.78 Å². The molecule has 2 rings (SSSR count). The monoisotopic (exact) mass is 187 g/mol. The molecule has 0 spiro atoms. The van der Waals surface area contributed by atoms with Crippen LogP contribution < -0.4 is 0 Å². The molecule has 3 nitrogen and oxygen atoms in total. The number of aromatic nitrogens is 1. The number of carbonyl (C=O) groups excluding carboxylic acids is 1. The molecule has 0 N–H and O–H groups in total. The van der Waals surface area contributed by atoms with Gasteiger partial charge in [0.15, 0.2) is 5.78 Å². The molecule has 70 valence electrons. The Morgan fingerprint density at radius 3 is 2.64 bits per heavy atom. The summed E-state index contributed by atoms with van der Waals surface area (Å²) in [7, 11) is 0. The summed E-state index contributed by atoms with van der Waals surface area (Å²) < 4.78 is 4.95. The molecule has 0 saturated heterocycles. The van der Waals surface area contributed by atoms with E-state index in [1.54, 1.807) is 24.8 Å². The zero-order valence-corrected chi connectivity index (χ0v) is 7.73. The minimum absolute atomic E-state index is 0.0243. The molecule has 0 fully saturated rings. The third-order valence-corrected chi connectivity index (χ3v) is 1.98. The first-order valence-electron chi connectivity index (χ1n) is 4.27. The summed E-state index contributed by atoms with van der Waals surface area (Å²) in [5.41, 5.74) is 2.40. The molecule has 0 amide bonds. The van der Waals surface area contributed by atoms with Crippen molar-refractivity contribution < 1.29 is 9.21 Å². The summed E-state index contributed by atoms with van der Waals surface area (Å²) in [5, 5.41) is 0. The van der Waals surface area contributed by atoms with Gasteiger partial charge in [-0.1, -0.05) is 6.07 Å². The number of Topliss-reactive ketones (excluding diaryl/α,β-unsaturated/α-hetero) is 1. The molecule has 0 aliphatic rings. The van der Waals surface area contributed by atoms with Gasteiger partial charge in [-0.05, 0) is 12.1 Å². The fraction of sp³-hybridized carbons (Fsp3) is 0.0909. The van der Waals surface area contributed by atoms with Crippen LogP contribution >= 0.6 is 0 Å². The molecule has 0 saturated carbocycles. The average molecular weight is 187 g/mol. The van der Waals surface area contributed by atoms with E-state index in [-0.39, 0.29) is 5.78 Å². The maximum Gasteiger partial charge on any atom is 0.178 e. The fourth-order valence-corrected chi connectivity index (χ4v) is 1.20. The molecule has 0 aliphatic heterocycles. The summed E-state index contributed by atoms with van der Waals surface area (Å²) in [6.07, 6.45) is 4.92. The number of ketones is 1. The standard InChI is InChI=1S/C11H9NO2/c1-8(13)11-3-2-9(6-12-11)10-4-5-14-7-10/h2-7H,1H3. The Labute approximate surface area is 81.4 Å². The van der Waals surface area contributed by atoms with Crippen LogP contribution in [0.25, 0.3) is 11.1 Å². The minimum atomic E-state index is -0.0243. The Morgan fingerprint density at radius 2 is 2.14 bits per heavy atom. The van der Waals surface area contributed by atoms with Crippen LogP contribution in [0, 0.1) is 0 Å². The number of hydrogen-bond acceptors (Lipinski definition) is 3. The van der Waals surface area contributed by atoms with E-state index in [0.717, 1.165) is 11.1 Å². The van der Waals surface area contributed by atoms with E-state index in [9.17, 15) is 4.79 Å². The summed E-state index contributed by atoms with van der Waals surface area (Å²) in [6.45, 7) is 1.50. The lowest BCUT2D eigenvalue weighted by Crippen LogP contribution is -1.95. The number of carbonyl (C=O) groups is 1. The summed E-state index contributed by atoms with van der Waals surface area (Å²) in [6, 6.07) is 5.42. The second-order valence-corrected chi connectivity index (χ2v) is 3.00. The van der Waals surface area contributed by atoms with Gasteiger partial charge in [-0.2, -0.15) is 0 Å². The first-order chi connectivity index (χ1) is 6.77. The van der Waals surface area contributed by atoms with Crippen molar-refractivity contribution in [2.24, 2.45) is 0 Å². The largest absolute Gasteiger partial charge is 0.472 e. The van der Waals surface area contributed by atoms with Gasteiger partial charge >= 0.3 is 0 Å². The van der Waals surface area contributed by atoms with Crippen LogP contribution in [0.15, 0.2) is 41.3 Å². The van der Waals surface area contributed by atoms with Gasteiger partial charge in [0.05, 0.1) is 12.5 Å². The van der Waals surface area contributed by atoms with Crippen LogP contribution in [0.4, 0.5) is 0 Å². The zero-order chi connectivity index (χ0) is 9.97. The van der Waals surface area contributed by atoms with Gasteiger partial charge in [-0.25, -0.2) is 0 Å². The van der Waals surface area contributed by atoms with E-state index < -0.39 is 0 Å². The predicted octanol–water partition coefficient (Wildman–Crippen LogP) is 2.54. The van der Waals surface area contributed by atoms with Crippen LogP contribution in [-0.2, 0) is 0 Å². The Bertz CT molecular complexity index is 429. The third kappa shape index (κ3) is 1.57. The Hall–Kier alpha value is -1.90. The van der Waals surface area contributed by atoms with Crippen molar-refractivity contribution in [1.82, 2.24) is 4.98 Å². The zero-order valence-electron chi connectivity index (χ0n) is 7.73. The lowest BCUT2D eigenvalue weighted by atomic mass is 10.1. The van der Waals surface area contributed by atoms with Crippen molar-refractivity contribution in [3.8, 4) is 11.1 Å². The minimum Gasteiger partial charge on any atom is -0.472 e. The predicted molar refractivity (Wildman–Crippen MR) is 51.9 cm³/mol. The average Bonchev–Trinajstić information content (AvgIpc) is 2.71. The molecule has 0 bridgehead atoms. The highest BCUT2D eigenvalue weighted by Gasteiger charge is 2.02. The number of furan rings is 1. The Balaban J connectivity index is 2.36. The normalized spacial score (nSPS) is 10.1. The number of pyridine rings is 1. The smallest absolute Gasteiger partial charge is 0.178 e. The van der Waals surface area contributed by atoms with Gasteiger partial charge in [0.1, 0.15) is 5.69 Å². The highest BCUT2D eigenvalue weighted by atomic mass is 16.3. The summed E-state index contributed by atoms with van der Waals surface area (Å²) in [4.78, 5) is 15.0. The molecule has 3 heteroatoms. The van der Waals surface area contributed by atoms with Gasteiger partial charge in [0, 0.05) is 24.2 Å². The SMILES string of the molecule is CC(=O)c1ccc(-c2ccoc2)cn1. The molecule has 0 atom stereocenters. The Kier molecular flexibility index (Phi) is 2.14. The summed E-state index contributed by atoms with van der Waals surface area (Å²) in [5.74, 6) is -0.0243. The third-order valence-electron chi connectivity index (χ3n) is 1.98. The van der Waals surface area contributed by atoms with Crippen molar-refractivity contribution in [2.75, 3.05) is 0 Å². The van der Waals surface area contributed by atoms with Crippen molar-refractivity contribution in [2.45, 2.75) is 6.92 Å². The van der Waals surface area contributed by atoms with Gasteiger partial charge in [0.25, 0.3) is 0 Å². The van der Waals surface area contributed by atoms with E-state index in [1.165, 1.54) is 6.92 Å². The van der Waals surface area contributed by atoms with Crippen LogP contribution in [0.2, 0.25) is 0 Å². The fourth-order valence-electron chi connectivity index (χ4n) is 1.20. The summed E-state index contributed by atoms with van der Waals surface area (Å²) >= 11 is 0. The van der Waals surface area contributed by atoms with Crippen molar-refractivity contribution in [3.05, 3.63) is 42.6 Å². The van der Waals surface area contributed by atoms with Crippen LogP contribution in [0.5, 0.6) is 0 Å². The van der Waals surface area contributed by atoms with Crippen LogP contribution in [-0.4, -0.2) is 10.8 Å². The molecule has 2 aromatic heterocycles. The lowest BCUT2D eigenvalue weighted by Gasteiger charge is -1.97. The second kappa shape index (κ2) is 3.46. The van der Waals surface area contributed by atoms with E-state index in [0.29, 0.717) is 5.69 Å². The quantitative estimate of drug-likeness (QED) is 0.678. The second-order valence-electron chi connectivity index (χ2n) is 3.00. The van der Waals surface area contributed by atoms with Crippen LogP contribution in [0.1, 0.15) is 17.4 Å². The maximum atomic E-state index is 11.0. The highest BCUT2D eigenvalue weighted by molar-refractivity contribution is 5.92. The Morgan fingerprint density at radius 1 is 1.29 bits per heavy atom. The first-order valence-corrected chi connectivity index (χ1v) is 4.27. The molecular weight excluding hydrogens is 178 g/mol.